The summed E-state index contributed by atoms with van der Waals surface area (Å²) in [5, 5.41) is 0.999. The van der Waals surface area contributed by atoms with E-state index in [4.69, 9.17) is 9.15 Å². The van der Waals surface area contributed by atoms with Crippen molar-refractivity contribution in [1.29, 1.82) is 0 Å². The minimum absolute atomic E-state index is 0.124. The summed E-state index contributed by atoms with van der Waals surface area (Å²) >= 11 is 0. The van der Waals surface area contributed by atoms with Crippen LogP contribution < -0.4 is 4.74 Å². The van der Waals surface area contributed by atoms with Crippen LogP contribution in [-0.2, 0) is 19.6 Å². The maximum absolute atomic E-state index is 12.8. The lowest BCUT2D eigenvalue weighted by Gasteiger charge is -2.28. The SMILES string of the molecule is O=C(c1coc(COc2cccc3cccnc23)n1)N1CCc2ccccc2C1. The Balaban J connectivity index is 1.28. The van der Waals surface area contributed by atoms with Crippen LogP contribution in [0.1, 0.15) is 27.5 Å². The van der Waals surface area contributed by atoms with Crippen LogP contribution in [0.4, 0.5) is 0 Å². The van der Waals surface area contributed by atoms with Gasteiger partial charge in [0.25, 0.3) is 5.91 Å². The van der Waals surface area contributed by atoms with Crippen molar-refractivity contribution in [3.63, 3.8) is 0 Å². The third-order valence-electron chi connectivity index (χ3n) is 5.14. The molecule has 0 saturated heterocycles. The van der Waals surface area contributed by atoms with E-state index in [9.17, 15) is 4.79 Å². The van der Waals surface area contributed by atoms with Crippen molar-refractivity contribution in [3.8, 4) is 5.75 Å². The number of pyridine rings is 1. The van der Waals surface area contributed by atoms with Crippen LogP contribution in [0, 0.1) is 0 Å². The summed E-state index contributed by atoms with van der Waals surface area (Å²) in [7, 11) is 0. The molecule has 5 rings (SSSR count). The minimum Gasteiger partial charge on any atom is -0.482 e. The highest BCUT2D eigenvalue weighted by Gasteiger charge is 2.24. The van der Waals surface area contributed by atoms with Crippen molar-refractivity contribution >= 4 is 16.8 Å². The lowest BCUT2D eigenvalue weighted by Crippen LogP contribution is -2.36. The first-order valence-corrected chi connectivity index (χ1v) is 9.55. The molecule has 0 saturated carbocycles. The van der Waals surface area contributed by atoms with Gasteiger partial charge in [0.1, 0.15) is 17.5 Å². The topological polar surface area (TPSA) is 68.5 Å². The van der Waals surface area contributed by atoms with Crippen LogP contribution in [0.3, 0.4) is 0 Å². The molecule has 0 bridgehead atoms. The zero-order valence-electron chi connectivity index (χ0n) is 15.7. The van der Waals surface area contributed by atoms with E-state index >= 15 is 0 Å². The monoisotopic (exact) mass is 385 g/mol. The molecule has 0 unspecified atom stereocenters. The Kier molecular flexibility index (Phi) is 4.44. The fraction of sp³-hybridized carbons (Fsp3) is 0.174. The molecule has 4 aromatic rings. The summed E-state index contributed by atoms with van der Waals surface area (Å²) in [5.74, 6) is 0.891. The van der Waals surface area contributed by atoms with Gasteiger partial charge < -0.3 is 14.1 Å². The van der Waals surface area contributed by atoms with Gasteiger partial charge in [-0.2, -0.15) is 0 Å². The first-order valence-electron chi connectivity index (χ1n) is 9.55. The van der Waals surface area contributed by atoms with Crippen LogP contribution in [0.25, 0.3) is 10.9 Å². The predicted molar refractivity (Wildman–Crippen MR) is 107 cm³/mol. The molecule has 1 amide bonds. The van der Waals surface area contributed by atoms with Crippen LogP contribution >= 0.6 is 0 Å². The van der Waals surface area contributed by atoms with E-state index < -0.39 is 0 Å². The second kappa shape index (κ2) is 7.39. The normalized spacial score (nSPS) is 13.3. The van der Waals surface area contributed by atoms with Crippen molar-refractivity contribution in [3.05, 3.63) is 89.8 Å². The quantitative estimate of drug-likeness (QED) is 0.531. The molecule has 1 aliphatic rings. The highest BCUT2D eigenvalue weighted by Crippen LogP contribution is 2.24. The Morgan fingerprint density at radius 2 is 1.93 bits per heavy atom. The third kappa shape index (κ3) is 3.45. The number of aromatic nitrogens is 2. The molecule has 6 nitrogen and oxygen atoms in total. The maximum Gasteiger partial charge on any atom is 0.276 e. The molecule has 0 aliphatic carbocycles. The molecule has 0 radical (unpaired) electrons. The smallest absolute Gasteiger partial charge is 0.276 e. The Labute approximate surface area is 167 Å². The number of nitrogens with zero attached hydrogens (tertiary/aromatic N) is 3. The Morgan fingerprint density at radius 1 is 1.07 bits per heavy atom. The molecule has 0 fully saturated rings. The molecule has 1 aliphatic heterocycles. The van der Waals surface area contributed by atoms with E-state index in [1.807, 2.05) is 42.5 Å². The lowest BCUT2D eigenvalue weighted by molar-refractivity contribution is 0.0728. The van der Waals surface area contributed by atoms with Gasteiger partial charge in [0.2, 0.25) is 5.89 Å². The lowest BCUT2D eigenvalue weighted by atomic mass is 10.00. The summed E-state index contributed by atoms with van der Waals surface area (Å²) in [6.45, 7) is 1.40. The second-order valence-electron chi connectivity index (χ2n) is 6.99. The molecular formula is C23H19N3O3. The first-order chi connectivity index (χ1) is 14.3. The molecule has 2 aromatic heterocycles. The average Bonchev–Trinajstić information content (AvgIpc) is 3.26. The number of rotatable bonds is 4. The van der Waals surface area contributed by atoms with Gasteiger partial charge >= 0.3 is 0 Å². The van der Waals surface area contributed by atoms with Crippen LogP contribution in [-0.4, -0.2) is 27.3 Å². The molecule has 6 heteroatoms. The number of amides is 1. The van der Waals surface area contributed by atoms with Gasteiger partial charge in [0.05, 0.1) is 0 Å². The summed E-state index contributed by atoms with van der Waals surface area (Å²) < 4.78 is 11.3. The van der Waals surface area contributed by atoms with Gasteiger partial charge in [0, 0.05) is 24.7 Å². The molecule has 3 heterocycles. The highest BCUT2D eigenvalue weighted by atomic mass is 16.5. The molecule has 0 N–H and O–H groups in total. The van der Waals surface area contributed by atoms with Gasteiger partial charge in [0.15, 0.2) is 12.3 Å². The van der Waals surface area contributed by atoms with Gasteiger partial charge in [-0.3, -0.25) is 9.78 Å². The number of oxazole rings is 1. The molecule has 0 atom stereocenters. The fourth-order valence-electron chi connectivity index (χ4n) is 3.64. The van der Waals surface area contributed by atoms with E-state index in [1.165, 1.54) is 17.4 Å². The molecule has 2 aromatic carbocycles. The van der Waals surface area contributed by atoms with E-state index in [1.54, 1.807) is 11.1 Å². The number of carbonyl (C=O) groups is 1. The molecule has 144 valence electrons. The number of fused-ring (bicyclic) bond motifs is 2. The van der Waals surface area contributed by atoms with Crippen molar-refractivity contribution in [1.82, 2.24) is 14.9 Å². The van der Waals surface area contributed by atoms with Crippen molar-refractivity contribution in [2.45, 2.75) is 19.6 Å². The number of ether oxygens (including phenoxy) is 1. The zero-order chi connectivity index (χ0) is 19.6. The summed E-state index contributed by atoms with van der Waals surface area (Å²) in [6, 6.07) is 17.8. The van der Waals surface area contributed by atoms with Crippen LogP contribution in [0.15, 0.2) is 71.5 Å². The Hall–Kier alpha value is -3.67. The Bertz CT molecular complexity index is 1180. The van der Waals surface area contributed by atoms with Crippen LogP contribution in [0.5, 0.6) is 5.75 Å². The average molecular weight is 385 g/mol. The second-order valence-corrected chi connectivity index (χ2v) is 6.99. The van der Waals surface area contributed by atoms with E-state index in [0.29, 0.717) is 30.4 Å². The fourth-order valence-corrected chi connectivity index (χ4v) is 3.64. The van der Waals surface area contributed by atoms with Crippen molar-refractivity contribution in [2.75, 3.05) is 6.54 Å². The van der Waals surface area contributed by atoms with Crippen molar-refractivity contribution in [2.24, 2.45) is 0 Å². The highest BCUT2D eigenvalue weighted by molar-refractivity contribution is 5.92. The minimum atomic E-state index is -0.124. The first kappa shape index (κ1) is 17.4. The van der Waals surface area contributed by atoms with E-state index in [0.717, 1.165) is 17.3 Å². The number of hydrogen-bond donors (Lipinski definition) is 0. The molecule has 0 spiro atoms. The number of hydrogen-bond acceptors (Lipinski definition) is 5. The molecular weight excluding hydrogens is 366 g/mol. The number of benzene rings is 2. The summed E-state index contributed by atoms with van der Waals surface area (Å²) in [4.78, 5) is 23.3. The molecule has 29 heavy (non-hydrogen) atoms. The van der Waals surface area contributed by atoms with Gasteiger partial charge in [-0.15, -0.1) is 0 Å². The van der Waals surface area contributed by atoms with E-state index in [-0.39, 0.29) is 12.5 Å². The number of carbonyl (C=O) groups excluding carboxylic acids is 1. The summed E-state index contributed by atoms with van der Waals surface area (Å²) in [5.41, 5.74) is 3.57. The summed E-state index contributed by atoms with van der Waals surface area (Å²) in [6.07, 6.45) is 3.99. The van der Waals surface area contributed by atoms with Gasteiger partial charge in [-0.05, 0) is 29.7 Å². The van der Waals surface area contributed by atoms with Gasteiger partial charge in [-0.25, -0.2) is 4.98 Å². The van der Waals surface area contributed by atoms with Crippen LogP contribution in [0.2, 0.25) is 0 Å². The zero-order valence-corrected chi connectivity index (χ0v) is 15.7. The predicted octanol–water partition coefficient (Wildman–Crippen LogP) is 4.00. The third-order valence-corrected chi connectivity index (χ3v) is 5.14. The van der Waals surface area contributed by atoms with E-state index in [2.05, 4.69) is 22.1 Å². The van der Waals surface area contributed by atoms with Gasteiger partial charge in [-0.1, -0.05) is 42.5 Å². The van der Waals surface area contributed by atoms with Crippen molar-refractivity contribution < 1.29 is 13.9 Å². The number of para-hydroxylation sites is 1. The maximum atomic E-state index is 12.8. The largest absolute Gasteiger partial charge is 0.482 e. The standard InChI is InChI=1S/C23H19N3O3/c27-23(26-12-10-16-5-1-2-6-18(16)13-26)19-14-29-21(25-19)15-28-20-9-3-7-17-8-4-11-24-22(17)20/h1-9,11,14H,10,12-13,15H2. The Morgan fingerprint density at radius 3 is 2.86 bits per heavy atom.